The zero-order valence-electron chi connectivity index (χ0n) is 20.5. The molecule has 0 radical (unpaired) electrons. The van der Waals surface area contributed by atoms with Crippen LogP contribution in [0.1, 0.15) is 12.8 Å². The van der Waals surface area contributed by atoms with Crippen LogP contribution in [0.2, 0.25) is 0 Å². The molecule has 1 aromatic carbocycles. The van der Waals surface area contributed by atoms with Crippen molar-refractivity contribution in [3.8, 4) is 0 Å². The van der Waals surface area contributed by atoms with Gasteiger partial charge in [-0.1, -0.05) is 0 Å². The molecule has 0 aliphatic carbocycles. The second-order valence-electron chi connectivity index (χ2n) is 9.30. The van der Waals surface area contributed by atoms with Crippen molar-refractivity contribution in [2.45, 2.75) is 25.4 Å². The van der Waals surface area contributed by atoms with E-state index in [1.54, 1.807) is 4.90 Å². The Morgan fingerprint density at radius 3 is 2.38 bits per heavy atom. The smallest absolute Gasteiger partial charge is 0.414 e. The highest BCUT2D eigenvalue weighted by atomic mass is 19.3. The van der Waals surface area contributed by atoms with Crippen LogP contribution in [0.5, 0.6) is 0 Å². The Labute approximate surface area is 211 Å². The maximum Gasteiger partial charge on any atom is 0.414 e. The molecule has 1 N–H and O–H groups in total. The summed E-state index contributed by atoms with van der Waals surface area (Å²) < 4.78 is 60.1. The molecule has 3 heterocycles. The van der Waals surface area contributed by atoms with Gasteiger partial charge in [0.05, 0.1) is 18.8 Å². The first-order valence-corrected chi connectivity index (χ1v) is 12.2. The number of urea groups is 1. The molecule has 3 aliphatic heterocycles. The molecule has 3 amide bonds. The van der Waals surface area contributed by atoms with Gasteiger partial charge < -0.3 is 19.4 Å². The number of alkyl halides is 2. The normalized spacial score (nSPS) is 21.5. The van der Waals surface area contributed by atoms with E-state index >= 15 is 8.78 Å². The SMILES string of the molecule is CN1CCN(C(=O)N2CCN(c3c(F)cc(N4C[C@H](CCC(=O)C(F)F)OC4=O)cc3F)CCN2)CC1. The van der Waals surface area contributed by atoms with Crippen molar-refractivity contribution in [3.05, 3.63) is 23.8 Å². The molecule has 3 fully saturated rings. The van der Waals surface area contributed by atoms with E-state index in [1.165, 1.54) is 9.91 Å². The highest BCUT2D eigenvalue weighted by molar-refractivity contribution is 5.90. The number of hydrogen-bond donors (Lipinski definition) is 1. The molecule has 37 heavy (non-hydrogen) atoms. The molecule has 0 spiro atoms. The number of rotatable bonds is 6. The lowest BCUT2D eigenvalue weighted by Crippen LogP contribution is -2.55. The summed E-state index contributed by atoms with van der Waals surface area (Å²) in [6.45, 7) is 3.55. The zero-order chi connectivity index (χ0) is 26.7. The van der Waals surface area contributed by atoms with E-state index in [0.29, 0.717) is 13.1 Å². The number of nitrogens with zero attached hydrogens (tertiary/aromatic N) is 5. The molecule has 14 heteroatoms. The van der Waals surface area contributed by atoms with Crippen LogP contribution < -0.4 is 15.2 Å². The number of amides is 3. The summed E-state index contributed by atoms with van der Waals surface area (Å²) in [6.07, 6.45) is -5.41. The fourth-order valence-electron chi connectivity index (χ4n) is 4.59. The van der Waals surface area contributed by atoms with E-state index in [9.17, 15) is 23.2 Å². The van der Waals surface area contributed by atoms with E-state index in [2.05, 4.69) is 10.3 Å². The number of Topliss-reactive ketones (excluding diaryl/α,β-unsaturated/α-hetero) is 1. The van der Waals surface area contributed by atoms with Crippen molar-refractivity contribution in [2.24, 2.45) is 0 Å². The van der Waals surface area contributed by atoms with Crippen molar-refractivity contribution in [2.75, 3.05) is 75.8 Å². The highest BCUT2D eigenvalue weighted by Crippen LogP contribution is 2.32. The van der Waals surface area contributed by atoms with Crippen molar-refractivity contribution in [1.82, 2.24) is 20.2 Å². The molecule has 0 bridgehead atoms. The third-order valence-electron chi connectivity index (χ3n) is 6.74. The second kappa shape index (κ2) is 11.5. The molecule has 3 aliphatic rings. The number of ketones is 1. The molecule has 3 saturated heterocycles. The molecule has 1 aromatic rings. The maximum atomic E-state index is 15.1. The van der Waals surface area contributed by atoms with Crippen molar-refractivity contribution < 1.29 is 36.7 Å². The predicted molar refractivity (Wildman–Crippen MR) is 126 cm³/mol. The average Bonchev–Trinajstić information content (AvgIpc) is 3.06. The van der Waals surface area contributed by atoms with Crippen LogP contribution in [0, 0.1) is 11.6 Å². The lowest BCUT2D eigenvalue weighted by molar-refractivity contribution is -0.129. The molecular formula is C23H30F4N6O4. The van der Waals surface area contributed by atoms with E-state index in [1.807, 2.05) is 7.05 Å². The quantitative estimate of drug-likeness (QED) is 0.562. The molecule has 204 valence electrons. The molecule has 4 rings (SSSR count). The van der Waals surface area contributed by atoms with E-state index < -0.39 is 42.5 Å². The van der Waals surface area contributed by atoms with E-state index in [4.69, 9.17) is 4.74 Å². The summed E-state index contributed by atoms with van der Waals surface area (Å²) in [5, 5.41) is 1.47. The van der Waals surface area contributed by atoms with Crippen LogP contribution in [0.25, 0.3) is 0 Å². The lowest BCUT2D eigenvalue weighted by atomic mass is 10.1. The van der Waals surface area contributed by atoms with Gasteiger partial charge in [-0.05, 0) is 13.5 Å². The number of likely N-dealkylation sites (N-methyl/N-ethyl adjacent to an activating group) is 1. The van der Waals surface area contributed by atoms with Gasteiger partial charge in [0.1, 0.15) is 11.8 Å². The van der Waals surface area contributed by atoms with Gasteiger partial charge in [-0.25, -0.2) is 32.6 Å². The largest absolute Gasteiger partial charge is 0.444 e. The molecule has 0 aromatic heterocycles. The van der Waals surface area contributed by atoms with Crippen LogP contribution >= 0.6 is 0 Å². The maximum absolute atomic E-state index is 15.1. The Balaban J connectivity index is 1.39. The predicted octanol–water partition coefficient (Wildman–Crippen LogP) is 1.90. The first kappa shape index (κ1) is 26.9. The van der Waals surface area contributed by atoms with Gasteiger partial charge in [0, 0.05) is 64.4 Å². The number of nitrogens with one attached hydrogen (secondary N) is 1. The number of cyclic esters (lactones) is 1. The fourth-order valence-corrected chi connectivity index (χ4v) is 4.59. The molecule has 0 unspecified atom stereocenters. The summed E-state index contributed by atoms with van der Waals surface area (Å²) >= 11 is 0. The van der Waals surface area contributed by atoms with Crippen molar-refractivity contribution >= 4 is 29.3 Å². The van der Waals surface area contributed by atoms with Gasteiger partial charge in [0.15, 0.2) is 17.4 Å². The minimum atomic E-state index is -3.10. The standard InChI is InChI=1S/C23H30F4N6O4/c1-29-6-8-31(9-7-29)22(35)33-11-10-30(5-4-28-33)20-17(24)12-15(13-18(20)25)32-14-16(37-23(32)36)2-3-19(34)21(26)27/h12-13,16,21,28H,2-11,14H2,1H3/t16-/m0/s1. The minimum Gasteiger partial charge on any atom is -0.444 e. The third kappa shape index (κ3) is 6.24. The first-order valence-electron chi connectivity index (χ1n) is 12.2. The number of ether oxygens (including phenoxy) is 1. The Kier molecular flexibility index (Phi) is 8.37. The number of halogens is 4. The number of benzene rings is 1. The monoisotopic (exact) mass is 530 g/mol. The van der Waals surface area contributed by atoms with Crippen LogP contribution in [0.3, 0.4) is 0 Å². The van der Waals surface area contributed by atoms with Gasteiger partial charge >= 0.3 is 12.1 Å². The van der Waals surface area contributed by atoms with Crippen LogP contribution in [-0.4, -0.2) is 111 Å². The summed E-state index contributed by atoms with van der Waals surface area (Å²) in [5.41, 5.74) is 2.67. The van der Waals surface area contributed by atoms with Gasteiger partial charge in [-0.3, -0.25) is 14.7 Å². The van der Waals surface area contributed by atoms with Gasteiger partial charge in [-0.15, -0.1) is 0 Å². The summed E-state index contributed by atoms with van der Waals surface area (Å²) in [5.74, 6) is -3.04. The molecule has 0 saturated carbocycles. The number of hydrogen-bond acceptors (Lipinski definition) is 7. The number of anilines is 2. The topological polar surface area (TPSA) is 88.7 Å². The number of piperazine rings is 1. The first-order chi connectivity index (χ1) is 17.6. The number of carbonyl (C=O) groups is 3. The summed E-state index contributed by atoms with van der Waals surface area (Å²) in [6, 6.07) is 1.85. The molecular weight excluding hydrogens is 500 g/mol. The molecule has 10 nitrogen and oxygen atoms in total. The van der Waals surface area contributed by atoms with E-state index in [0.717, 1.165) is 30.1 Å². The third-order valence-corrected chi connectivity index (χ3v) is 6.74. The average molecular weight is 531 g/mol. The van der Waals surface area contributed by atoms with Gasteiger partial charge in [-0.2, -0.15) is 0 Å². The lowest BCUT2D eigenvalue weighted by Gasteiger charge is -2.35. The highest BCUT2D eigenvalue weighted by Gasteiger charge is 2.35. The second-order valence-corrected chi connectivity index (χ2v) is 9.30. The van der Waals surface area contributed by atoms with Crippen LogP contribution in [0.15, 0.2) is 12.1 Å². The Morgan fingerprint density at radius 1 is 1.05 bits per heavy atom. The fraction of sp³-hybridized carbons (Fsp3) is 0.609. The molecule has 1 atom stereocenters. The van der Waals surface area contributed by atoms with Crippen molar-refractivity contribution in [3.63, 3.8) is 0 Å². The number of carbonyl (C=O) groups excluding carboxylic acids is 3. The number of hydrazine groups is 1. The van der Waals surface area contributed by atoms with Crippen LogP contribution in [-0.2, 0) is 9.53 Å². The van der Waals surface area contributed by atoms with Crippen molar-refractivity contribution in [1.29, 1.82) is 0 Å². The van der Waals surface area contributed by atoms with Gasteiger partial charge in [0.25, 0.3) is 6.43 Å². The summed E-state index contributed by atoms with van der Waals surface area (Å²) in [4.78, 5) is 42.6. The Hall–Kier alpha value is -3.13. The Bertz CT molecular complexity index is 1000. The summed E-state index contributed by atoms with van der Waals surface area (Å²) in [7, 11) is 1.99. The van der Waals surface area contributed by atoms with Crippen LogP contribution in [0.4, 0.5) is 38.5 Å². The van der Waals surface area contributed by atoms with E-state index in [-0.39, 0.29) is 56.6 Å². The Morgan fingerprint density at radius 2 is 1.73 bits per heavy atom. The zero-order valence-corrected chi connectivity index (χ0v) is 20.5. The minimum absolute atomic E-state index is 0.0775. The van der Waals surface area contributed by atoms with Gasteiger partial charge in [0.2, 0.25) is 0 Å².